The van der Waals surface area contributed by atoms with E-state index in [0.29, 0.717) is 34.5 Å². The van der Waals surface area contributed by atoms with E-state index in [1.165, 1.54) is 13.5 Å². The lowest BCUT2D eigenvalue weighted by Gasteiger charge is -2.11. The van der Waals surface area contributed by atoms with E-state index < -0.39 is 5.97 Å². The van der Waals surface area contributed by atoms with Gasteiger partial charge in [0.1, 0.15) is 5.75 Å². The van der Waals surface area contributed by atoms with Crippen molar-refractivity contribution in [3.8, 4) is 28.4 Å². The quantitative estimate of drug-likeness (QED) is 0.466. The predicted molar refractivity (Wildman–Crippen MR) is 105 cm³/mol. The van der Waals surface area contributed by atoms with Crippen LogP contribution in [0.3, 0.4) is 0 Å². The topological polar surface area (TPSA) is 99.6 Å². The smallest absolute Gasteiger partial charge is 0.343 e. The van der Waals surface area contributed by atoms with Gasteiger partial charge in [0.2, 0.25) is 0 Å². The molecule has 1 N–H and O–H groups in total. The maximum absolute atomic E-state index is 11.5. The minimum Gasteiger partial charge on any atom is -0.481 e. The van der Waals surface area contributed by atoms with E-state index in [9.17, 15) is 4.79 Å². The summed E-state index contributed by atoms with van der Waals surface area (Å²) in [5, 5.41) is 3.09. The molecule has 0 aliphatic heterocycles. The van der Waals surface area contributed by atoms with Crippen molar-refractivity contribution in [3.05, 3.63) is 67.3 Å². The van der Waals surface area contributed by atoms with E-state index in [1.54, 1.807) is 24.5 Å². The first kappa shape index (κ1) is 18.3. The zero-order valence-corrected chi connectivity index (χ0v) is 15.5. The molecule has 4 rings (SSSR count). The number of oxazole rings is 2. The molecule has 2 heterocycles. The summed E-state index contributed by atoms with van der Waals surface area (Å²) in [6, 6.07) is 15.3. The van der Waals surface area contributed by atoms with Crippen LogP contribution in [0.5, 0.6) is 5.75 Å². The van der Waals surface area contributed by atoms with E-state index in [-0.39, 0.29) is 6.61 Å². The second-order valence-corrected chi connectivity index (χ2v) is 5.96. The molecule has 0 bridgehead atoms. The van der Waals surface area contributed by atoms with E-state index >= 15 is 0 Å². The van der Waals surface area contributed by atoms with Crippen LogP contribution in [0, 0.1) is 0 Å². The first-order chi connectivity index (χ1) is 14.2. The molecule has 0 aliphatic rings. The molecule has 29 heavy (non-hydrogen) atoms. The molecule has 0 unspecified atom stereocenters. The van der Waals surface area contributed by atoms with Gasteiger partial charge in [-0.3, -0.25) is 0 Å². The highest BCUT2D eigenvalue weighted by molar-refractivity contribution is 5.74. The summed E-state index contributed by atoms with van der Waals surface area (Å²) in [7, 11) is 1.30. The zero-order valence-electron chi connectivity index (χ0n) is 15.5. The molecular formula is C21H17N3O5. The van der Waals surface area contributed by atoms with Crippen LogP contribution >= 0.6 is 0 Å². The Morgan fingerprint density at radius 2 is 1.97 bits per heavy atom. The van der Waals surface area contributed by atoms with Crippen LogP contribution in [0.15, 0.2) is 76.2 Å². The normalized spacial score (nSPS) is 10.5. The summed E-state index contributed by atoms with van der Waals surface area (Å²) in [5.41, 5.74) is 2.24. The number of hydrogen-bond donors (Lipinski definition) is 1. The first-order valence-electron chi connectivity index (χ1n) is 8.74. The van der Waals surface area contributed by atoms with Crippen molar-refractivity contribution in [2.45, 2.75) is 0 Å². The van der Waals surface area contributed by atoms with Crippen LogP contribution in [0.4, 0.5) is 11.7 Å². The fraction of sp³-hybridized carbons (Fsp3) is 0.0952. The van der Waals surface area contributed by atoms with Gasteiger partial charge in [-0.05, 0) is 12.1 Å². The van der Waals surface area contributed by atoms with Crippen molar-refractivity contribution < 1.29 is 23.1 Å². The highest BCUT2D eigenvalue weighted by Gasteiger charge is 2.14. The molecule has 0 amide bonds. The Morgan fingerprint density at radius 3 is 2.72 bits per heavy atom. The van der Waals surface area contributed by atoms with Gasteiger partial charge in [-0.25, -0.2) is 14.8 Å². The molecule has 4 aromatic rings. The standard InChI is InChI=1S/C21H17N3O5/c1-26-20(25)12-27-17-9-15(7-8-16(17)19-10-22-13-28-19)24-21-23-11-18(29-21)14-5-3-2-4-6-14/h2-11,13H,12H2,1H3,(H,23,24). The molecule has 0 spiro atoms. The van der Waals surface area contributed by atoms with Crippen LogP contribution in [0.2, 0.25) is 0 Å². The average Bonchev–Trinajstić information content (AvgIpc) is 3.45. The van der Waals surface area contributed by atoms with Crippen molar-refractivity contribution in [1.82, 2.24) is 9.97 Å². The van der Waals surface area contributed by atoms with E-state index in [2.05, 4.69) is 20.0 Å². The molecule has 8 nitrogen and oxygen atoms in total. The molecule has 2 aromatic heterocycles. The lowest BCUT2D eigenvalue weighted by Crippen LogP contribution is -2.13. The van der Waals surface area contributed by atoms with Crippen LogP contribution in [0.1, 0.15) is 0 Å². The van der Waals surface area contributed by atoms with Gasteiger partial charge >= 0.3 is 5.97 Å². The summed E-state index contributed by atoms with van der Waals surface area (Å²) < 4.78 is 21.4. The number of methoxy groups -OCH3 is 1. The third kappa shape index (κ3) is 4.27. The lowest BCUT2D eigenvalue weighted by molar-refractivity contribution is -0.142. The Kier molecular flexibility index (Phi) is 5.24. The summed E-state index contributed by atoms with van der Waals surface area (Å²) >= 11 is 0. The Labute approximate surface area is 166 Å². The van der Waals surface area contributed by atoms with Gasteiger partial charge in [0.05, 0.1) is 25.1 Å². The number of nitrogens with one attached hydrogen (secondary N) is 1. The predicted octanol–water partition coefficient (Wildman–Crippen LogP) is 4.29. The average molecular weight is 391 g/mol. The highest BCUT2D eigenvalue weighted by Crippen LogP contribution is 2.34. The zero-order chi connectivity index (χ0) is 20.1. The van der Waals surface area contributed by atoms with E-state index in [4.69, 9.17) is 13.6 Å². The Morgan fingerprint density at radius 1 is 1.10 bits per heavy atom. The molecule has 0 fully saturated rings. The van der Waals surface area contributed by atoms with Crippen molar-refractivity contribution in [1.29, 1.82) is 0 Å². The fourth-order valence-corrected chi connectivity index (χ4v) is 2.66. The maximum atomic E-state index is 11.5. The Hall–Kier alpha value is -4.07. The van der Waals surface area contributed by atoms with Crippen LogP contribution < -0.4 is 10.1 Å². The van der Waals surface area contributed by atoms with Gasteiger partial charge in [0.25, 0.3) is 6.01 Å². The minimum absolute atomic E-state index is 0.238. The van der Waals surface area contributed by atoms with Gasteiger partial charge in [0.15, 0.2) is 24.5 Å². The molecule has 8 heteroatoms. The second-order valence-electron chi connectivity index (χ2n) is 5.96. The SMILES string of the molecule is COC(=O)COc1cc(Nc2ncc(-c3ccccc3)o2)ccc1-c1cnco1. The highest BCUT2D eigenvalue weighted by atomic mass is 16.6. The molecule has 0 saturated carbocycles. The molecule has 0 radical (unpaired) electrons. The molecule has 2 aromatic carbocycles. The molecular weight excluding hydrogens is 374 g/mol. The van der Waals surface area contributed by atoms with E-state index in [0.717, 1.165) is 5.56 Å². The number of carbonyl (C=O) groups is 1. The largest absolute Gasteiger partial charge is 0.481 e. The number of hydrogen-bond acceptors (Lipinski definition) is 8. The molecule has 0 saturated heterocycles. The first-order valence-corrected chi connectivity index (χ1v) is 8.74. The number of esters is 1. The summed E-state index contributed by atoms with van der Waals surface area (Å²) in [6.45, 7) is -0.238. The van der Waals surface area contributed by atoms with Gasteiger partial charge in [-0.2, -0.15) is 0 Å². The molecule has 146 valence electrons. The third-order valence-electron chi connectivity index (χ3n) is 4.07. The van der Waals surface area contributed by atoms with Gasteiger partial charge < -0.3 is 23.6 Å². The van der Waals surface area contributed by atoms with Crippen LogP contribution in [-0.4, -0.2) is 29.7 Å². The third-order valence-corrected chi connectivity index (χ3v) is 4.07. The molecule has 0 aliphatic carbocycles. The minimum atomic E-state index is -0.493. The number of nitrogens with zero attached hydrogens (tertiary/aromatic N) is 2. The maximum Gasteiger partial charge on any atom is 0.343 e. The Bertz CT molecular complexity index is 1090. The second kappa shape index (κ2) is 8.30. The lowest BCUT2D eigenvalue weighted by atomic mass is 10.1. The van der Waals surface area contributed by atoms with E-state index in [1.807, 2.05) is 36.4 Å². The number of carbonyl (C=O) groups excluding carboxylic acids is 1. The number of aromatic nitrogens is 2. The number of anilines is 2. The van der Waals surface area contributed by atoms with Crippen LogP contribution in [-0.2, 0) is 9.53 Å². The summed E-state index contributed by atoms with van der Waals surface area (Å²) in [6.07, 6.45) is 4.53. The van der Waals surface area contributed by atoms with Crippen molar-refractivity contribution in [2.75, 3.05) is 19.0 Å². The van der Waals surface area contributed by atoms with Gasteiger partial charge in [0, 0.05) is 17.3 Å². The fourth-order valence-electron chi connectivity index (χ4n) is 2.66. The van der Waals surface area contributed by atoms with Crippen LogP contribution in [0.25, 0.3) is 22.6 Å². The van der Waals surface area contributed by atoms with Gasteiger partial charge in [-0.15, -0.1) is 0 Å². The van der Waals surface area contributed by atoms with Crippen molar-refractivity contribution in [3.63, 3.8) is 0 Å². The summed E-state index contributed by atoms with van der Waals surface area (Å²) in [5.74, 6) is 1.09. The van der Waals surface area contributed by atoms with Gasteiger partial charge in [-0.1, -0.05) is 30.3 Å². The Balaban J connectivity index is 1.58. The number of benzene rings is 2. The number of rotatable bonds is 7. The van der Waals surface area contributed by atoms with Crippen molar-refractivity contribution in [2.24, 2.45) is 0 Å². The monoisotopic (exact) mass is 391 g/mol. The van der Waals surface area contributed by atoms with Crippen molar-refractivity contribution >= 4 is 17.7 Å². The number of ether oxygens (including phenoxy) is 2. The summed E-state index contributed by atoms with van der Waals surface area (Å²) in [4.78, 5) is 19.6. The molecule has 0 atom stereocenters.